The van der Waals surface area contributed by atoms with Gasteiger partial charge in [-0.2, -0.15) is 0 Å². The van der Waals surface area contributed by atoms with Gasteiger partial charge in [-0.25, -0.2) is 0 Å². The summed E-state index contributed by atoms with van der Waals surface area (Å²) in [4.78, 5) is 28.8. The Hall–Kier alpha value is -3.64. The second-order valence-corrected chi connectivity index (χ2v) is 8.52. The van der Waals surface area contributed by atoms with Crippen LogP contribution in [0.1, 0.15) is 32.5 Å². The molecule has 3 aromatic carbocycles. The van der Waals surface area contributed by atoms with Gasteiger partial charge in [0.1, 0.15) is 5.75 Å². The zero-order valence-corrected chi connectivity index (χ0v) is 18.4. The molecule has 160 valence electrons. The fourth-order valence-electron chi connectivity index (χ4n) is 4.16. The van der Waals surface area contributed by atoms with Gasteiger partial charge in [-0.3, -0.25) is 9.59 Å². The van der Waals surface area contributed by atoms with Gasteiger partial charge in [-0.05, 0) is 59.3 Å². The highest BCUT2D eigenvalue weighted by molar-refractivity contribution is 7.12. The number of ether oxygens (including phenoxy) is 1. The molecular weight excluding hydrogens is 420 g/mol. The molecule has 1 N–H and O–H groups in total. The molecule has 0 saturated carbocycles. The molecule has 1 aliphatic heterocycles. The molecule has 0 spiro atoms. The molecule has 0 aliphatic carbocycles. The van der Waals surface area contributed by atoms with E-state index in [-0.39, 0.29) is 11.8 Å². The predicted octanol–water partition coefficient (Wildman–Crippen LogP) is 5.76. The molecule has 0 fully saturated rings. The van der Waals surface area contributed by atoms with Crippen molar-refractivity contribution in [3.63, 3.8) is 0 Å². The molecule has 1 aromatic heterocycles. The van der Waals surface area contributed by atoms with Gasteiger partial charge in [0, 0.05) is 17.9 Å². The Kier molecular flexibility index (Phi) is 5.37. The van der Waals surface area contributed by atoms with Crippen LogP contribution in [0, 0.1) is 0 Å². The molecule has 2 amide bonds. The topological polar surface area (TPSA) is 58.6 Å². The van der Waals surface area contributed by atoms with Crippen LogP contribution in [0.4, 0.5) is 11.4 Å². The summed E-state index contributed by atoms with van der Waals surface area (Å²) in [6, 6.07) is 21.0. The van der Waals surface area contributed by atoms with Crippen molar-refractivity contribution >= 4 is 45.3 Å². The Bertz CT molecular complexity index is 1310. The number of carbonyl (C=O) groups is 2. The lowest BCUT2D eigenvalue weighted by molar-refractivity contribution is 0.0991. The molecule has 0 atom stereocenters. The Morgan fingerprint density at radius 1 is 1.06 bits per heavy atom. The van der Waals surface area contributed by atoms with Crippen LogP contribution in [0.15, 0.2) is 72.1 Å². The van der Waals surface area contributed by atoms with Gasteiger partial charge in [0.05, 0.1) is 17.0 Å². The second-order valence-electron chi connectivity index (χ2n) is 7.57. The van der Waals surface area contributed by atoms with E-state index >= 15 is 0 Å². The van der Waals surface area contributed by atoms with Crippen molar-refractivity contribution in [3.8, 4) is 5.75 Å². The van der Waals surface area contributed by atoms with Crippen molar-refractivity contribution < 1.29 is 14.3 Å². The highest BCUT2D eigenvalue weighted by atomic mass is 32.1. The third-order valence-corrected chi connectivity index (χ3v) is 6.49. The normalized spacial score (nSPS) is 12.6. The van der Waals surface area contributed by atoms with Crippen LogP contribution in [0.25, 0.3) is 10.8 Å². The first kappa shape index (κ1) is 20.3. The van der Waals surface area contributed by atoms with Gasteiger partial charge in [0.15, 0.2) is 0 Å². The lowest BCUT2D eigenvalue weighted by Crippen LogP contribution is -2.28. The average Bonchev–Trinajstić information content (AvgIpc) is 3.49. The van der Waals surface area contributed by atoms with Crippen LogP contribution >= 0.6 is 11.3 Å². The molecule has 0 radical (unpaired) electrons. The zero-order valence-electron chi connectivity index (χ0n) is 17.6. The van der Waals surface area contributed by atoms with Crippen LogP contribution in [-0.2, 0) is 6.42 Å². The van der Waals surface area contributed by atoms with Crippen molar-refractivity contribution in [2.75, 3.05) is 23.4 Å². The third-order valence-electron chi connectivity index (χ3n) is 5.63. The second kappa shape index (κ2) is 8.48. The predicted molar refractivity (Wildman–Crippen MR) is 129 cm³/mol. The van der Waals surface area contributed by atoms with Gasteiger partial charge in [-0.15, -0.1) is 11.3 Å². The van der Waals surface area contributed by atoms with Crippen LogP contribution in [0.5, 0.6) is 5.75 Å². The highest BCUT2D eigenvalue weighted by Gasteiger charge is 2.27. The molecule has 6 heteroatoms. The maximum atomic E-state index is 13.4. The molecule has 5 nitrogen and oxygen atoms in total. The molecule has 0 saturated heterocycles. The van der Waals surface area contributed by atoms with E-state index in [9.17, 15) is 9.59 Å². The van der Waals surface area contributed by atoms with Gasteiger partial charge < -0.3 is 15.0 Å². The van der Waals surface area contributed by atoms with Crippen molar-refractivity contribution in [2.45, 2.75) is 13.3 Å². The number of benzene rings is 3. The van der Waals surface area contributed by atoms with Crippen molar-refractivity contribution in [1.29, 1.82) is 0 Å². The Morgan fingerprint density at radius 2 is 1.94 bits per heavy atom. The summed E-state index contributed by atoms with van der Waals surface area (Å²) in [6.45, 7) is 3.01. The number of amides is 2. The van der Waals surface area contributed by atoms with E-state index in [2.05, 4.69) is 5.32 Å². The maximum Gasteiger partial charge on any atom is 0.268 e. The molecule has 32 heavy (non-hydrogen) atoms. The minimum atomic E-state index is -0.237. The van der Waals surface area contributed by atoms with Crippen LogP contribution in [0.2, 0.25) is 0 Å². The fourth-order valence-corrected chi connectivity index (χ4v) is 4.83. The quantitative estimate of drug-likeness (QED) is 0.428. The van der Waals surface area contributed by atoms with E-state index in [0.29, 0.717) is 35.0 Å². The number of fused-ring (bicyclic) bond motifs is 2. The first-order valence-electron chi connectivity index (χ1n) is 10.6. The molecule has 0 unspecified atom stereocenters. The largest absolute Gasteiger partial charge is 0.493 e. The third kappa shape index (κ3) is 3.63. The van der Waals surface area contributed by atoms with Crippen LogP contribution < -0.4 is 15.0 Å². The molecule has 1 aliphatic rings. The van der Waals surface area contributed by atoms with E-state index in [1.807, 2.05) is 79.0 Å². The summed E-state index contributed by atoms with van der Waals surface area (Å²) in [5, 5.41) is 6.74. The van der Waals surface area contributed by atoms with E-state index < -0.39 is 0 Å². The van der Waals surface area contributed by atoms with E-state index in [1.54, 1.807) is 4.90 Å². The summed E-state index contributed by atoms with van der Waals surface area (Å²) >= 11 is 1.44. The van der Waals surface area contributed by atoms with Crippen molar-refractivity contribution in [3.05, 3.63) is 88.1 Å². The van der Waals surface area contributed by atoms with Crippen molar-refractivity contribution in [2.24, 2.45) is 0 Å². The van der Waals surface area contributed by atoms with Gasteiger partial charge in [0.25, 0.3) is 11.8 Å². The van der Waals surface area contributed by atoms with Gasteiger partial charge in [0.2, 0.25) is 0 Å². The van der Waals surface area contributed by atoms with E-state index in [0.717, 1.165) is 28.4 Å². The Labute approximate surface area is 190 Å². The van der Waals surface area contributed by atoms with Gasteiger partial charge in [-0.1, -0.05) is 42.5 Å². The number of rotatable bonds is 5. The van der Waals surface area contributed by atoms with E-state index in [4.69, 9.17) is 4.74 Å². The Balaban J connectivity index is 1.47. The first-order valence-corrected chi connectivity index (χ1v) is 11.5. The number of thiophene rings is 1. The van der Waals surface area contributed by atoms with Crippen LogP contribution in [0.3, 0.4) is 0 Å². The summed E-state index contributed by atoms with van der Waals surface area (Å²) in [5.74, 6) is 0.314. The zero-order chi connectivity index (χ0) is 22.1. The molecule has 4 aromatic rings. The lowest BCUT2D eigenvalue weighted by Gasteiger charge is -2.18. The highest BCUT2D eigenvalue weighted by Crippen LogP contribution is 2.34. The Morgan fingerprint density at radius 3 is 2.75 bits per heavy atom. The summed E-state index contributed by atoms with van der Waals surface area (Å²) < 4.78 is 5.76. The number of hydrogen-bond donors (Lipinski definition) is 1. The molecule has 0 bridgehead atoms. The fraction of sp³-hybridized carbons (Fsp3) is 0.154. The number of nitrogens with zero attached hydrogens (tertiary/aromatic N) is 1. The van der Waals surface area contributed by atoms with Gasteiger partial charge >= 0.3 is 0 Å². The molecular formula is C26H22N2O3S. The smallest absolute Gasteiger partial charge is 0.268 e. The summed E-state index contributed by atoms with van der Waals surface area (Å²) in [5.41, 5.74) is 3.12. The van der Waals surface area contributed by atoms with E-state index in [1.165, 1.54) is 11.3 Å². The minimum absolute atomic E-state index is 0.00471. The molecule has 2 heterocycles. The lowest BCUT2D eigenvalue weighted by atomic mass is 10.0. The number of hydrogen-bond acceptors (Lipinski definition) is 4. The monoisotopic (exact) mass is 442 g/mol. The number of anilines is 2. The molecule has 5 rings (SSSR count). The SMILES string of the molecule is CCOc1ccc2ccccc2c1C(=O)Nc1ccc2c(c1)N(C(=O)c1cccs1)CC2. The maximum absolute atomic E-state index is 13.4. The average molecular weight is 443 g/mol. The first-order chi connectivity index (χ1) is 15.7. The summed E-state index contributed by atoms with van der Waals surface area (Å²) in [7, 11) is 0. The number of nitrogens with one attached hydrogen (secondary N) is 1. The standard InChI is InChI=1S/C26H22N2O3S/c1-2-31-22-12-10-17-6-3-4-7-20(17)24(22)25(29)27-19-11-9-18-13-14-28(21(18)16-19)26(30)23-8-5-15-32-23/h3-12,15-16H,2,13-14H2,1H3,(H,27,29). The summed E-state index contributed by atoms with van der Waals surface area (Å²) in [6.07, 6.45) is 0.804. The van der Waals surface area contributed by atoms with Crippen molar-refractivity contribution in [1.82, 2.24) is 0 Å². The minimum Gasteiger partial charge on any atom is -0.493 e. The number of carbonyl (C=O) groups excluding carboxylic acids is 2. The van der Waals surface area contributed by atoms with Crippen LogP contribution in [-0.4, -0.2) is 25.0 Å².